The Hall–Kier alpha value is -1.06. The zero-order valence-corrected chi connectivity index (χ0v) is 11.8. The molecule has 0 aromatic heterocycles. The molecular weight excluding hydrogens is 260 g/mol. The van der Waals surface area contributed by atoms with Gasteiger partial charge in [-0.25, -0.2) is 0 Å². The molecule has 2 unspecified atom stereocenters. The van der Waals surface area contributed by atoms with Crippen LogP contribution in [0, 0.1) is 13.3 Å². The van der Waals surface area contributed by atoms with Crippen molar-refractivity contribution in [2.24, 2.45) is 11.1 Å². The molecular formula is C15H19ClN2O. The number of benzene rings is 1. The fourth-order valence-electron chi connectivity index (χ4n) is 2.73. The number of rotatable bonds is 2. The molecule has 2 radical (unpaired) electrons. The molecule has 0 saturated carbocycles. The second-order valence-electron chi connectivity index (χ2n) is 5.02. The molecule has 2 fully saturated rings. The molecule has 0 N–H and O–H groups in total. The van der Waals surface area contributed by atoms with E-state index in [-0.39, 0.29) is 7.43 Å². The maximum atomic E-state index is 5.83. The second-order valence-corrected chi connectivity index (χ2v) is 5.45. The van der Waals surface area contributed by atoms with Crippen molar-refractivity contribution >= 4 is 17.3 Å². The van der Waals surface area contributed by atoms with Crippen LogP contribution in [0.15, 0.2) is 29.4 Å². The van der Waals surface area contributed by atoms with E-state index in [9.17, 15) is 0 Å². The number of piperidine rings is 2. The summed E-state index contributed by atoms with van der Waals surface area (Å²) < 4.78 is 0. The molecule has 4 heteroatoms. The predicted molar refractivity (Wildman–Crippen MR) is 78.7 cm³/mol. The molecule has 2 aliphatic heterocycles. The molecule has 2 atom stereocenters. The Balaban J connectivity index is 0.00000133. The van der Waals surface area contributed by atoms with Gasteiger partial charge in [0, 0.05) is 30.5 Å². The topological polar surface area (TPSA) is 24.8 Å². The molecule has 19 heavy (non-hydrogen) atoms. The summed E-state index contributed by atoms with van der Waals surface area (Å²) in [4.78, 5) is 8.03. The van der Waals surface area contributed by atoms with E-state index in [0.29, 0.717) is 5.92 Å². The van der Waals surface area contributed by atoms with Gasteiger partial charge in [-0.1, -0.05) is 24.2 Å². The summed E-state index contributed by atoms with van der Waals surface area (Å²) in [5, 5.41) is 5.07. The third-order valence-electron chi connectivity index (χ3n) is 3.74. The Labute approximate surface area is 120 Å². The Bertz CT molecular complexity index is 444. The average Bonchev–Trinajstić information content (AvgIpc) is 2.40. The minimum absolute atomic E-state index is 0. The number of halogens is 1. The van der Waals surface area contributed by atoms with Crippen LogP contribution in [-0.2, 0) is 0 Å². The molecule has 2 aliphatic rings. The summed E-state index contributed by atoms with van der Waals surface area (Å²) in [7, 11) is 0. The van der Waals surface area contributed by atoms with Crippen LogP contribution in [0.1, 0.15) is 19.3 Å². The molecule has 102 valence electrons. The van der Waals surface area contributed by atoms with Crippen LogP contribution < -0.4 is 4.84 Å². The van der Waals surface area contributed by atoms with Crippen molar-refractivity contribution in [2.45, 2.75) is 19.3 Å². The molecule has 0 aliphatic carbocycles. The quantitative estimate of drug-likeness (QED) is 0.773. The summed E-state index contributed by atoms with van der Waals surface area (Å²) in [6, 6.07) is 7.34. The van der Waals surface area contributed by atoms with Crippen LogP contribution in [0.25, 0.3) is 0 Å². The number of nitrogens with zero attached hydrogens (tertiary/aromatic N) is 2. The van der Waals surface area contributed by atoms with Crippen molar-refractivity contribution in [3.63, 3.8) is 0 Å². The summed E-state index contributed by atoms with van der Waals surface area (Å²) in [6.45, 7) is 3.53. The largest absolute Gasteiger partial charge is 0.357 e. The molecule has 2 heterocycles. The SMILES string of the molecule is Clc1ccc(ON=C2CCN3CCCC2C3)cc1.[CH2]. The fraction of sp³-hybridized carbons (Fsp3) is 0.467. The highest BCUT2D eigenvalue weighted by molar-refractivity contribution is 6.30. The van der Waals surface area contributed by atoms with E-state index in [0.717, 1.165) is 30.3 Å². The summed E-state index contributed by atoms with van der Waals surface area (Å²) >= 11 is 5.83. The first-order chi connectivity index (χ1) is 8.81. The third-order valence-corrected chi connectivity index (χ3v) is 3.99. The third kappa shape index (κ3) is 3.48. The van der Waals surface area contributed by atoms with Crippen molar-refractivity contribution in [3.8, 4) is 5.75 Å². The monoisotopic (exact) mass is 278 g/mol. The smallest absolute Gasteiger partial charge is 0.158 e. The molecule has 2 bridgehead atoms. The molecule has 3 nitrogen and oxygen atoms in total. The van der Waals surface area contributed by atoms with Crippen LogP contribution >= 0.6 is 11.6 Å². The highest BCUT2D eigenvalue weighted by Crippen LogP contribution is 2.25. The van der Waals surface area contributed by atoms with Crippen molar-refractivity contribution in [1.82, 2.24) is 4.90 Å². The average molecular weight is 279 g/mol. The number of fused-ring (bicyclic) bond motifs is 2. The molecule has 2 saturated heterocycles. The molecule has 1 aromatic carbocycles. The molecule has 1 aromatic rings. The second kappa shape index (κ2) is 6.40. The van der Waals surface area contributed by atoms with E-state index in [1.807, 2.05) is 24.3 Å². The summed E-state index contributed by atoms with van der Waals surface area (Å²) in [5.41, 5.74) is 1.22. The van der Waals surface area contributed by atoms with Gasteiger partial charge >= 0.3 is 0 Å². The normalized spacial score (nSPS) is 27.7. The highest BCUT2D eigenvalue weighted by Gasteiger charge is 2.29. The highest BCUT2D eigenvalue weighted by atomic mass is 35.5. The first-order valence-electron chi connectivity index (χ1n) is 6.53. The minimum Gasteiger partial charge on any atom is -0.357 e. The van der Waals surface area contributed by atoms with Crippen LogP contribution in [0.3, 0.4) is 0 Å². The van der Waals surface area contributed by atoms with Gasteiger partial charge in [0.2, 0.25) is 0 Å². The standard InChI is InChI=1S/C14H17ClN2O.CH2/c15-12-3-5-13(6-4-12)18-16-14-7-9-17-8-1-2-11(14)10-17;/h3-6,11H,1-2,7-10H2;1H2. The van der Waals surface area contributed by atoms with Gasteiger partial charge in [-0.2, -0.15) is 0 Å². The Morgan fingerprint density at radius 3 is 2.79 bits per heavy atom. The van der Waals surface area contributed by atoms with Gasteiger partial charge in [0.25, 0.3) is 0 Å². The van der Waals surface area contributed by atoms with Crippen molar-refractivity contribution < 1.29 is 4.84 Å². The van der Waals surface area contributed by atoms with E-state index >= 15 is 0 Å². The van der Waals surface area contributed by atoms with Gasteiger partial charge < -0.3 is 9.74 Å². The van der Waals surface area contributed by atoms with Gasteiger partial charge in [0.05, 0.1) is 5.71 Å². The summed E-state index contributed by atoms with van der Waals surface area (Å²) in [5.74, 6) is 1.35. The van der Waals surface area contributed by atoms with E-state index in [2.05, 4.69) is 10.1 Å². The van der Waals surface area contributed by atoms with Crippen molar-refractivity contribution in [2.75, 3.05) is 19.6 Å². The molecule has 3 rings (SSSR count). The zero-order chi connectivity index (χ0) is 12.4. The van der Waals surface area contributed by atoms with Crippen LogP contribution in [-0.4, -0.2) is 30.2 Å². The number of oxime groups is 1. The predicted octanol–water partition coefficient (Wildman–Crippen LogP) is 3.52. The fourth-order valence-corrected chi connectivity index (χ4v) is 2.86. The van der Waals surface area contributed by atoms with Crippen LogP contribution in [0.2, 0.25) is 5.02 Å². The number of hydrogen-bond donors (Lipinski definition) is 0. The van der Waals surface area contributed by atoms with Gasteiger partial charge in [0.15, 0.2) is 5.75 Å². The van der Waals surface area contributed by atoms with Crippen molar-refractivity contribution in [1.29, 1.82) is 0 Å². The van der Waals surface area contributed by atoms with E-state index in [1.165, 1.54) is 25.1 Å². The lowest BCUT2D eigenvalue weighted by atomic mass is 9.88. The lowest BCUT2D eigenvalue weighted by molar-refractivity contribution is 0.184. The zero-order valence-electron chi connectivity index (χ0n) is 11.0. The van der Waals surface area contributed by atoms with E-state index in [4.69, 9.17) is 16.4 Å². The van der Waals surface area contributed by atoms with Crippen LogP contribution in [0.5, 0.6) is 5.75 Å². The molecule has 0 amide bonds. The minimum atomic E-state index is 0. The lowest BCUT2D eigenvalue weighted by Gasteiger charge is -2.37. The Kier molecular flexibility index (Phi) is 4.83. The summed E-state index contributed by atoms with van der Waals surface area (Å²) in [6.07, 6.45) is 3.57. The van der Waals surface area contributed by atoms with E-state index in [1.54, 1.807) is 0 Å². The van der Waals surface area contributed by atoms with Gasteiger partial charge in [-0.3, -0.25) is 0 Å². The Morgan fingerprint density at radius 2 is 2.00 bits per heavy atom. The maximum Gasteiger partial charge on any atom is 0.158 e. The van der Waals surface area contributed by atoms with Gasteiger partial charge in [-0.15, -0.1) is 0 Å². The first kappa shape index (κ1) is 14.4. The van der Waals surface area contributed by atoms with Crippen molar-refractivity contribution in [3.05, 3.63) is 36.7 Å². The van der Waals surface area contributed by atoms with Gasteiger partial charge in [0.1, 0.15) is 0 Å². The van der Waals surface area contributed by atoms with E-state index < -0.39 is 0 Å². The first-order valence-corrected chi connectivity index (χ1v) is 6.91. The van der Waals surface area contributed by atoms with Gasteiger partial charge in [-0.05, 0) is 43.7 Å². The number of hydrogen-bond acceptors (Lipinski definition) is 3. The Morgan fingerprint density at radius 1 is 1.21 bits per heavy atom. The van der Waals surface area contributed by atoms with Crippen LogP contribution in [0.4, 0.5) is 0 Å². The lowest BCUT2D eigenvalue weighted by Crippen LogP contribution is -2.45. The maximum absolute atomic E-state index is 5.83. The molecule has 0 spiro atoms.